The van der Waals surface area contributed by atoms with Crippen LogP contribution in [0.3, 0.4) is 0 Å². The SMILES string of the molecule is CN1CC2CNCC(C1)C2CC(=O)O. The minimum atomic E-state index is -0.642. The zero-order valence-corrected chi connectivity index (χ0v) is 8.57. The fraction of sp³-hybridized carbons (Fsp3) is 0.900. The van der Waals surface area contributed by atoms with Crippen molar-refractivity contribution < 1.29 is 9.90 Å². The maximum atomic E-state index is 10.7. The lowest BCUT2D eigenvalue weighted by Crippen LogP contribution is -2.55. The first-order valence-electron chi connectivity index (χ1n) is 5.28. The monoisotopic (exact) mass is 198 g/mol. The molecule has 2 aliphatic rings. The number of aliphatic carboxylic acids is 1. The first kappa shape index (κ1) is 9.93. The first-order chi connectivity index (χ1) is 6.66. The third-order valence-corrected chi connectivity index (χ3v) is 3.53. The molecule has 2 saturated heterocycles. The lowest BCUT2D eigenvalue weighted by Gasteiger charge is -2.46. The van der Waals surface area contributed by atoms with E-state index in [2.05, 4.69) is 17.3 Å². The van der Waals surface area contributed by atoms with Crippen LogP contribution in [0.4, 0.5) is 0 Å². The Hall–Kier alpha value is -0.610. The molecule has 2 bridgehead atoms. The Morgan fingerprint density at radius 3 is 2.50 bits per heavy atom. The molecule has 0 aromatic rings. The summed E-state index contributed by atoms with van der Waals surface area (Å²) in [4.78, 5) is 13.1. The van der Waals surface area contributed by atoms with Gasteiger partial charge in [-0.15, -0.1) is 0 Å². The van der Waals surface area contributed by atoms with Crippen molar-refractivity contribution in [1.29, 1.82) is 0 Å². The molecule has 2 aliphatic heterocycles. The number of piperidine rings is 2. The molecule has 2 N–H and O–H groups in total. The molecule has 0 aromatic carbocycles. The number of hydrogen-bond donors (Lipinski definition) is 2. The summed E-state index contributed by atoms with van der Waals surface area (Å²) in [5.41, 5.74) is 0. The van der Waals surface area contributed by atoms with Crippen LogP contribution in [0.2, 0.25) is 0 Å². The maximum Gasteiger partial charge on any atom is 0.303 e. The van der Waals surface area contributed by atoms with E-state index in [0.717, 1.165) is 26.2 Å². The van der Waals surface area contributed by atoms with E-state index < -0.39 is 5.97 Å². The summed E-state index contributed by atoms with van der Waals surface area (Å²) in [5.74, 6) is 0.814. The number of hydrogen-bond acceptors (Lipinski definition) is 3. The Balaban J connectivity index is 2.04. The van der Waals surface area contributed by atoms with Crippen molar-refractivity contribution in [2.75, 3.05) is 33.2 Å². The number of carbonyl (C=O) groups is 1. The third kappa shape index (κ3) is 1.91. The van der Waals surface area contributed by atoms with E-state index in [9.17, 15) is 4.79 Å². The van der Waals surface area contributed by atoms with Gasteiger partial charge < -0.3 is 15.3 Å². The molecule has 4 heteroatoms. The lowest BCUT2D eigenvalue weighted by molar-refractivity contribution is -0.140. The van der Waals surface area contributed by atoms with Gasteiger partial charge in [0.15, 0.2) is 0 Å². The highest BCUT2D eigenvalue weighted by Gasteiger charge is 2.39. The highest BCUT2D eigenvalue weighted by molar-refractivity contribution is 5.67. The van der Waals surface area contributed by atoms with Gasteiger partial charge in [0.1, 0.15) is 0 Å². The van der Waals surface area contributed by atoms with E-state index in [1.54, 1.807) is 0 Å². The van der Waals surface area contributed by atoms with Crippen molar-refractivity contribution >= 4 is 5.97 Å². The average molecular weight is 198 g/mol. The molecule has 14 heavy (non-hydrogen) atoms. The molecule has 0 spiro atoms. The standard InChI is InChI=1S/C10H18N2O2/c1-12-5-7-3-11-4-8(6-12)9(7)2-10(13)14/h7-9,11H,2-6H2,1H3,(H,13,14). The Kier molecular flexibility index (Phi) is 2.74. The van der Waals surface area contributed by atoms with E-state index >= 15 is 0 Å². The van der Waals surface area contributed by atoms with Gasteiger partial charge >= 0.3 is 5.97 Å². The number of carboxylic acids is 1. The smallest absolute Gasteiger partial charge is 0.303 e. The highest BCUT2D eigenvalue weighted by atomic mass is 16.4. The Morgan fingerprint density at radius 2 is 2.00 bits per heavy atom. The molecule has 80 valence electrons. The van der Waals surface area contributed by atoms with Gasteiger partial charge in [-0.25, -0.2) is 0 Å². The van der Waals surface area contributed by atoms with Crippen molar-refractivity contribution in [1.82, 2.24) is 10.2 Å². The second-order valence-corrected chi connectivity index (χ2v) is 4.66. The predicted octanol–water partition coefficient (Wildman–Crippen LogP) is -0.142. The van der Waals surface area contributed by atoms with Crippen molar-refractivity contribution in [3.8, 4) is 0 Å². The second-order valence-electron chi connectivity index (χ2n) is 4.66. The maximum absolute atomic E-state index is 10.7. The van der Waals surface area contributed by atoms with E-state index in [1.165, 1.54) is 0 Å². The summed E-state index contributed by atoms with van der Waals surface area (Å²) in [6.45, 7) is 4.06. The van der Waals surface area contributed by atoms with Crippen LogP contribution in [-0.4, -0.2) is 49.2 Å². The minimum absolute atomic E-state index is 0.352. The van der Waals surface area contributed by atoms with Gasteiger partial charge in [0.25, 0.3) is 0 Å². The molecule has 0 aromatic heterocycles. The van der Waals surface area contributed by atoms with E-state index in [-0.39, 0.29) is 0 Å². The number of carboxylic acid groups (broad SMARTS) is 1. The lowest BCUT2D eigenvalue weighted by atomic mass is 9.73. The van der Waals surface area contributed by atoms with Gasteiger partial charge in [-0.1, -0.05) is 0 Å². The summed E-state index contributed by atoms with van der Waals surface area (Å²) >= 11 is 0. The molecular formula is C10H18N2O2. The fourth-order valence-electron chi connectivity index (χ4n) is 2.95. The number of nitrogens with one attached hydrogen (secondary N) is 1. The molecule has 2 unspecified atom stereocenters. The van der Waals surface area contributed by atoms with E-state index in [0.29, 0.717) is 24.2 Å². The first-order valence-corrected chi connectivity index (χ1v) is 5.28. The van der Waals surface area contributed by atoms with Gasteiger partial charge in [0, 0.05) is 19.5 Å². The second kappa shape index (κ2) is 3.87. The minimum Gasteiger partial charge on any atom is -0.481 e. The molecule has 0 saturated carbocycles. The van der Waals surface area contributed by atoms with E-state index in [4.69, 9.17) is 5.11 Å². The molecule has 2 fully saturated rings. The van der Waals surface area contributed by atoms with Crippen molar-refractivity contribution in [3.63, 3.8) is 0 Å². The molecule has 0 aliphatic carbocycles. The van der Waals surface area contributed by atoms with Crippen LogP contribution in [0.5, 0.6) is 0 Å². The summed E-state index contributed by atoms with van der Waals surface area (Å²) in [5, 5.41) is 12.2. The normalized spacial score (nSPS) is 38.2. The molecule has 2 rings (SSSR count). The number of likely N-dealkylation sites (tertiary alicyclic amines) is 1. The highest BCUT2D eigenvalue weighted by Crippen LogP contribution is 2.32. The zero-order valence-electron chi connectivity index (χ0n) is 8.57. The number of rotatable bonds is 2. The summed E-state index contributed by atoms with van der Waals surface area (Å²) in [6, 6.07) is 0. The summed E-state index contributed by atoms with van der Waals surface area (Å²) in [6.07, 6.45) is 0.352. The fourth-order valence-corrected chi connectivity index (χ4v) is 2.95. The summed E-state index contributed by atoms with van der Waals surface area (Å²) in [7, 11) is 2.13. The van der Waals surface area contributed by atoms with Crippen LogP contribution in [0.15, 0.2) is 0 Å². The Labute approximate surface area is 84.3 Å². The molecule has 0 amide bonds. The van der Waals surface area contributed by atoms with Gasteiger partial charge in [-0.05, 0) is 37.9 Å². The molecule has 4 nitrogen and oxygen atoms in total. The van der Waals surface area contributed by atoms with Crippen LogP contribution in [0.25, 0.3) is 0 Å². The van der Waals surface area contributed by atoms with E-state index in [1.807, 2.05) is 0 Å². The van der Waals surface area contributed by atoms with Gasteiger partial charge in [0.2, 0.25) is 0 Å². The third-order valence-electron chi connectivity index (χ3n) is 3.53. The van der Waals surface area contributed by atoms with Crippen molar-refractivity contribution in [3.05, 3.63) is 0 Å². The molecular weight excluding hydrogens is 180 g/mol. The Bertz CT molecular complexity index is 218. The van der Waals surface area contributed by atoms with Crippen LogP contribution in [-0.2, 0) is 4.79 Å². The largest absolute Gasteiger partial charge is 0.481 e. The summed E-state index contributed by atoms with van der Waals surface area (Å²) < 4.78 is 0. The van der Waals surface area contributed by atoms with Gasteiger partial charge in [0.05, 0.1) is 0 Å². The van der Waals surface area contributed by atoms with Crippen molar-refractivity contribution in [2.24, 2.45) is 17.8 Å². The predicted molar refractivity (Wildman–Crippen MR) is 53.1 cm³/mol. The molecule has 2 atom stereocenters. The van der Waals surface area contributed by atoms with Gasteiger partial charge in [-0.3, -0.25) is 4.79 Å². The van der Waals surface area contributed by atoms with Crippen molar-refractivity contribution in [2.45, 2.75) is 6.42 Å². The van der Waals surface area contributed by atoms with Crippen LogP contribution < -0.4 is 5.32 Å². The Morgan fingerprint density at radius 1 is 1.43 bits per heavy atom. The molecule has 0 radical (unpaired) electrons. The zero-order chi connectivity index (χ0) is 10.1. The number of fused-ring (bicyclic) bond motifs is 2. The number of nitrogens with zero attached hydrogens (tertiary/aromatic N) is 1. The van der Waals surface area contributed by atoms with Gasteiger partial charge in [-0.2, -0.15) is 0 Å². The topological polar surface area (TPSA) is 52.6 Å². The van der Waals surface area contributed by atoms with Crippen LogP contribution in [0.1, 0.15) is 6.42 Å². The quantitative estimate of drug-likeness (QED) is 0.648. The molecule has 2 heterocycles. The van der Waals surface area contributed by atoms with Crippen LogP contribution in [0, 0.1) is 17.8 Å². The van der Waals surface area contributed by atoms with Crippen LogP contribution >= 0.6 is 0 Å². The average Bonchev–Trinajstić information content (AvgIpc) is 2.05.